The lowest BCUT2D eigenvalue weighted by atomic mass is 9.82. The Morgan fingerprint density at radius 2 is 1.15 bits per heavy atom. The van der Waals surface area contributed by atoms with Gasteiger partial charge in [0.2, 0.25) is 0 Å². The first-order chi connectivity index (χ1) is 33.9. The number of aromatic nitrogens is 10. The Morgan fingerprint density at radius 3 is 1.66 bits per heavy atom. The molecule has 2 atom stereocenters. The van der Waals surface area contributed by atoms with E-state index in [4.69, 9.17) is 19.5 Å². The lowest BCUT2D eigenvalue weighted by Gasteiger charge is -2.18. The van der Waals surface area contributed by atoms with E-state index in [0.717, 1.165) is 52.0 Å². The lowest BCUT2D eigenvalue weighted by Crippen LogP contribution is -2.29. The zero-order chi connectivity index (χ0) is 49.1. The summed E-state index contributed by atoms with van der Waals surface area (Å²) in [5, 5.41) is 39.5. The molecule has 2 aliphatic rings. The van der Waals surface area contributed by atoms with E-state index in [9.17, 15) is 9.59 Å². The van der Waals surface area contributed by atoms with E-state index in [1.54, 1.807) is 36.9 Å². The number of carbonyl (C=O) groups is 2. The highest BCUT2D eigenvalue weighted by atomic mass is 127. The topological polar surface area (TPSA) is 230 Å². The maximum atomic E-state index is 13.3. The van der Waals surface area contributed by atoms with Gasteiger partial charge >= 0.3 is 7.12 Å². The number of hydrogen-bond acceptors (Lipinski definition) is 14. The van der Waals surface area contributed by atoms with Crippen LogP contribution in [0.3, 0.4) is 0 Å². The summed E-state index contributed by atoms with van der Waals surface area (Å²) in [6.07, 6.45) is 8.44. The Balaban J connectivity index is 0.000000175. The highest BCUT2D eigenvalue weighted by Crippen LogP contribution is 2.30. The van der Waals surface area contributed by atoms with Crippen LogP contribution in [0.1, 0.15) is 66.2 Å². The van der Waals surface area contributed by atoms with Crippen LogP contribution in [0.25, 0.3) is 34.2 Å². The normalized spacial score (nSPS) is 15.3. The molecule has 364 valence electrons. The molecule has 0 saturated heterocycles. The van der Waals surface area contributed by atoms with Gasteiger partial charge in [0.05, 0.1) is 24.3 Å². The predicted octanol–water partition coefficient (Wildman–Crippen LogP) is 7.70. The van der Waals surface area contributed by atoms with Crippen LogP contribution < -0.4 is 25.6 Å². The van der Waals surface area contributed by atoms with Gasteiger partial charge in [0.15, 0.2) is 11.6 Å². The summed E-state index contributed by atoms with van der Waals surface area (Å²) in [7, 11) is -1.41. The summed E-state index contributed by atoms with van der Waals surface area (Å²) < 4.78 is 17.0. The Hall–Kier alpha value is -7.43. The Labute approximate surface area is 425 Å². The number of pyridine rings is 4. The fraction of sp³-hybridized carbons (Fsp3) is 0.255. The van der Waals surface area contributed by atoms with Crippen molar-refractivity contribution in [2.75, 3.05) is 23.8 Å². The second kappa shape index (κ2) is 23.9. The molecular formula is C51H54BIN12O6. The third kappa shape index (κ3) is 13.5. The molecule has 10 rings (SSSR count). The second-order valence-electron chi connectivity index (χ2n) is 17.0. The molecule has 2 amide bonds. The molecule has 2 aliphatic heterocycles. The third-order valence-electron chi connectivity index (χ3n) is 11.3. The summed E-state index contributed by atoms with van der Waals surface area (Å²) in [6, 6.07) is 29.5. The van der Waals surface area contributed by atoms with Crippen LogP contribution >= 0.6 is 22.6 Å². The number of hydrogen-bond donors (Lipinski definition) is 4. The van der Waals surface area contributed by atoms with Gasteiger partial charge in [-0.2, -0.15) is 0 Å². The molecule has 0 unspecified atom stereocenters. The SMILES string of the molecule is C.C[C@H]1CCn2cnnc2-c2cccc(n2)NC(=O)c2cc(I)ccc2OC1.Cc1ccc(-c2ccc3c(c2)C(=O)Nc2cccc(n2)-c2nncn2CC[C@H](C)CO3)cn1.Cc1ccc(B(O)O)cn1. The average Bonchev–Trinajstić information content (AvgIpc) is 4.05. The third-order valence-corrected chi connectivity index (χ3v) is 12.0. The molecular weight excluding hydrogens is 1010 g/mol. The van der Waals surface area contributed by atoms with Crippen molar-refractivity contribution in [3.05, 3.63) is 148 Å². The quantitative estimate of drug-likeness (QED) is 0.0961. The van der Waals surface area contributed by atoms with Crippen molar-refractivity contribution in [3.8, 4) is 45.7 Å². The number of amides is 2. The van der Waals surface area contributed by atoms with Crippen LogP contribution in [0.5, 0.6) is 11.5 Å². The largest absolute Gasteiger partial charge is 0.492 e. The minimum Gasteiger partial charge on any atom is -0.492 e. The van der Waals surface area contributed by atoms with Crippen molar-refractivity contribution in [1.82, 2.24) is 49.5 Å². The monoisotopic (exact) mass is 1070 g/mol. The molecule has 0 saturated carbocycles. The number of nitrogens with one attached hydrogen (secondary N) is 2. The van der Waals surface area contributed by atoms with E-state index in [1.807, 2.05) is 102 Å². The van der Waals surface area contributed by atoms with Crippen LogP contribution in [-0.2, 0) is 13.1 Å². The predicted molar refractivity (Wildman–Crippen MR) is 280 cm³/mol. The first-order valence-electron chi connectivity index (χ1n) is 22.6. The Kier molecular flexibility index (Phi) is 17.3. The number of nitrogens with zero attached hydrogens (tertiary/aromatic N) is 10. The summed E-state index contributed by atoms with van der Waals surface area (Å²) >= 11 is 2.19. The van der Waals surface area contributed by atoms with Crippen LogP contribution in [0.15, 0.2) is 122 Å². The van der Waals surface area contributed by atoms with Gasteiger partial charge in [0.1, 0.15) is 47.2 Å². The van der Waals surface area contributed by atoms with Gasteiger partial charge in [-0.25, -0.2) is 9.97 Å². The number of halogens is 1. The van der Waals surface area contributed by atoms with Crippen molar-refractivity contribution >= 4 is 58.6 Å². The van der Waals surface area contributed by atoms with Gasteiger partial charge in [-0.05, 0) is 133 Å². The Morgan fingerprint density at radius 1 is 0.648 bits per heavy atom. The fourth-order valence-corrected chi connectivity index (χ4v) is 7.79. The van der Waals surface area contributed by atoms with Crippen molar-refractivity contribution < 1.29 is 29.1 Å². The van der Waals surface area contributed by atoms with Crippen molar-refractivity contribution in [2.45, 2.75) is 61.1 Å². The summed E-state index contributed by atoms with van der Waals surface area (Å²) in [5.41, 5.74) is 6.34. The minimum atomic E-state index is -1.41. The first-order valence-corrected chi connectivity index (χ1v) is 23.7. The average molecular weight is 1070 g/mol. The van der Waals surface area contributed by atoms with Gasteiger partial charge in [0, 0.05) is 51.5 Å². The zero-order valence-corrected chi connectivity index (χ0v) is 41.1. The molecule has 0 fully saturated rings. The van der Waals surface area contributed by atoms with E-state index in [2.05, 4.69) is 87.4 Å². The molecule has 6 aromatic heterocycles. The van der Waals surface area contributed by atoms with Gasteiger partial charge in [-0.3, -0.25) is 19.6 Å². The summed E-state index contributed by atoms with van der Waals surface area (Å²) in [5.74, 6) is 3.41. The van der Waals surface area contributed by atoms with E-state index in [-0.39, 0.29) is 25.2 Å². The molecule has 0 aliphatic carbocycles. The second-order valence-corrected chi connectivity index (χ2v) is 18.2. The smallest absolute Gasteiger partial charge is 0.490 e. The van der Waals surface area contributed by atoms with Gasteiger partial charge in [-0.15, -0.1) is 20.4 Å². The van der Waals surface area contributed by atoms with Gasteiger partial charge in [0.25, 0.3) is 11.8 Å². The highest BCUT2D eigenvalue weighted by Gasteiger charge is 2.21. The molecule has 4 N–H and O–H groups in total. The van der Waals surface area contributed by atoms with E-state index >= 15 is 0 Å². The molecule has 71 heavy (non-hydrogen) atoms. The molecule has 2 aromatic carbocycles. The molecule has 8 aromatic rings. The number of rotatable bonds is 2. The highest BCUT2D eigenvalue weighted by molar-refractivity contribution is 14.1. The number of aryl methyl sites for hydroxylation is 4. The molecule has 8 heterocycles. The summed E-state index contributed by atoms with van der Waals surface area (Å²) in [6.45, 7) is 10.6. The van der Waals surface area contributed by atoms with Crippen LogP contribution in [-0.4, -0.2) is 91.7 Å². The molecule has 0 spiro atoms. The van der Waals surface area contributed by atoms with Gasteiger partial charge in [-0.1, -0.05) is 51.6 Å². The zero-order valence-electron chi connectivity index (χ0n) is 38.9. The van der Waals surface area contributed by atoms with E-state index in [0.29, 0.717) is 81.9 Å². The van der Waals surface area contributed by atoms with Gasteiger partial charge < -0.3 is 39.3 Å². The first kappa shape index (κ1) is 51.4. The van der Waals surface area contributed by atoms with Crippen molar-refractivity contribution in [2.24, 2.45) is 11.8 Å². The molecule has 18 nitrogen and oxygen atoms in total. The number of ether oxygens (including phenoxy) is 2. The molecule has 0 radical (unpaired) electrons. The van der Waals surface area contributed by atoms with Crippen LogP contribution in [0.4, 0.5) is 11.6 Å². The minimum absolute atomic E-state index is 0. The fourth-order valence-electron chi connectivity index (χ4n) is 7.30. The number of carbonyl (C=O) groups excluding carboxylic acids is 2. The van der Waals surface area contributed by atoms with Crippen molar-refractivity contribution in [3.63, 3.8) is 0 Å². The number of fused-ring (bicyclic) bond motifs is 10. The Bertz CT molecular complexity index is 3080. The van der Waals surface area contributed by atoms with E-state index < -0.39 is 7.12 Å². The van der Waals surface area contributed by atoms with Crippen LogP contribution in [0.2, 0.25) is 0 Å². The maximum absolute atomic E-state index is 13.3. The van der Waals surface area contributed by atoms with Crippen LogP contribution in [0, 0.1) is 29.3 Å². The standard InChI is InChI=1S/C25H24N6O2.C19H18IN5O2.C6H8BNO2.CH4/c1-16-10-11-31-15-27-30-24(31)21-4-3-5-23(28-21)29-25(32)20-12-18(8-9-22(20)33-14-16)19-7-6-17(2)26-13-19;1-12-7-8-25-11-21-24-18(25)15-3-2-4-17(22-15)23-19(26)14-9-13(20)5-6-16(14)27-10-12;1-5-2-3-6(4-8-5)7(9)10;/h3-9,12-13,15-16H,10-11,14H2,1-2H3,(H,28,29,32);2-6,9,11-12H,7-8,10H2,1H3,(H,22,23,26);2-4,9-10H,1H3;1H4/t16-;12-;;/m00../s1. The number of benzene rings is 2. The number of anilines is 2. The molecule has 20 heteroatoms. The lowest BCUT2D eigenvalue weighted by molar-refractivity contribution is 0.101. The van der Waals surface area contributed by atoms with Crippen molar-refractivity contribution in [1.29, 1.82) is 0 Å². The molecule has 4 bridgehead atoms. The maximum Gasteiger partial charge on any atom is 0.490 e. The summed E-state index contributed by atoms with van der Waals surface area (Å²) in [4.78, 5) is 43.6. The van der Waals surface area contributed by atoms with E-state index in [1.165, 1.54) is 6.20 Å².